The van der Waals surface area contributed by atoms with Crippen LogP contribution in [0.2, 0.25) is 0 Å². The van der Waals surface area contributed by atoms with Crippen molar-refractivity contribution in [1.29, 1.82) is 0 Å². The monoisotopic (exact) mass is 456 g/mol. The van der Waals surface area contributed by atoms with Crippen LogP contribution in [-0.2, 0) is 20.7 Å². The van der Waals surface area contributed by atoms with E-state index in [9.17, 15) is 9.59 Å². The van der Waals surface area contributed by atoms with Gasteiger partial charge in [0.2, 0.25) is 5.91 Å². The molecule has 1 amide bonds. The fourth-order valence-corrected chi connectivity index (χ4v) is 5.24. The summed E-state index contributed by atoms with van der Waals surface area (Å²) in [5.41, 5.74) is 0.980. The third-order valence-corrected chi connectivity index (χ3v) is 7.12. The summed E-state index contributed by atoms with van der Waals surface area (Å²) >= 11 is 3.09. The van der Waals surface area contributed by atoms with Gasteiger partial charge < -0.3 is 9.64 Å². The molecule has 0 aliphatic carbocycles. The standard InChI is InChI=1S/C22H24N4O3S2/c1-29-21(28)16-9-11-25(12-10-16)20(27)15-31-22-24-23-19(14-18-8-5-13-30-18)26(22)17-6-3-2-4-7-17/h2-8,13,16H,9-12,14-15H2,1H3. The van der Waals surface area contributed by atoms with Gasteiger partial charge in [-0.05, 0) is 36.4 Å². The zero-order valence-electron chi connectivity index (χ0n) is 17.3. The molecule has 0 bridgehead atoms. The predicted molar refractivity (Wildman–Crippen MR) is 121 cm³/mol. The van der Waals surface area contributed by atoms with Crippen LogP contribution in [0.15, 0.2) is 53.0 Å². The molecule has 9 heteroatoms. The Hall–Kier alpha value is -2.65. The molecule has 31 heavy (non-hydrogen) atoms. The molecule has 162 valence electrons. The van der Waals surface area contributed by atoms with Crippen LogP contribution < -0.4 is 0 Å². The Kier molecular flexibility index (Phi) is 7.03. The van der Waals surface area contributed by atoms with Crippen LogP contribution in [0.4, 0.5) is 0 Å². The van der Waals surface area contributed by atoms with Crippen LogP contribution in [0.3, 0.4) is 0 Å². The van der Waals surface area contributed by atoms with Gasteiger partial charge in [-0.2, -0.15) is 0 Å². The maximum atomic E-state index is 12.8. The van der Waals surface area contributed by atoms with E-state index in [4.69, 9.17) is 4.74 Å². The van der Waals surface area contributed by atoms with Crippen molar-refractivity contribution in [1.82, 2.24) is 19.7 Å². The summed E-state index contributed by atoms with van der Waals surface area (Å²) in [5, 5.41) is 11.6. The molecular formula is C22H24N4O3S2. The SMILES string of the molecule is COC(=O)C1CCN(C(=O)CSc2nnc(Cc3cccs3)n2-c2ccccc2)CC1. The number of thioether (sulfide) groups is 1. The number of hydrogen-bond acceptors (Lipinski definition) is 7. The number of amides is 1. The first kappa shape index (κ1) is 21.6. The Labute approximate surface area is 189 Å². The predicted octanol–water partition coefficient (Wildman–Crippen LogP) is 3.42. The minimum Gasteiger partial charge on any atom is -0.469 e. The Bertz CT molecular complexity index is 1010. The minimum absolute atomic E-state index is 0.0516. The molecule has 0 atom stereocenters. The van der Waals surface area contributed by atoms with E-state index in [0.717, 1.165) is 11.5 Å². The molecule has 3 aromatic rings. The summed E-state index contributed by atoms with van der Waals surface area (Å²) in [4.78, 5) is 27.5. The molecule has 0 unspecified atom stereocenters. The van der Waals surface area contributed by atoms with Gasteiger partial charge in [0, 0.05) is 30.1 Å². The lowest BCUT2D eigenvalue weighted by atomic mass is 9.97. The van der Waals surface area contributed by atoms with Crippen molar-refractivity contribution < 1.29 is 14.3 Å². The van der Waals surface area contributed by atoms with Crippen molar-refractivity contribution in [3.8, 4) is 5.69 Å². The average Bonchev–Trinajstić information content (AvgIpc) is 3.48. The van der Waals surface area contributed by atoms with E-state index in [1.165, 1.54) is 23.7 Å². The highest BCUT2D eigenvalue weighted by molar-refractivity contribution is 7.99. The largest absolute Gasteiger partial charge is 0.469 e. The molecule has 4 rings (SSSR count). The number of methoxy groups -OCH3 is 1. The van der Waals surface area contributed by atoms with E-state index in [1.807, 2.05) is 45.9 Å². The Balaban J connectivity index is 1.44. The lowest BCUT2D eigenvalue weighted by Gasteiger charge is -2.30. The normalized spacial score (nSPS) is 14.5. The van der Waals surface area contributed by atoms with E-state index in [0.29, 0.717) is 37.5 Å². The third-order valence-electron chi connectivity index (χ3n) is 5.33. The first-order chi connectivity index (χ1) is 15.2. The van der Waals surface area contributed by atoms with Gasteiger partial charge in [0.1, 0.15) is 5.82 Å². The number of nitrogens with zero attached hydrogens (tertiary/aromatic N) is 4. The van der Waals surface area contributed by atoms with Crippen molar-refractivity contribution in [2.75, 3.05) is 26.0 Å². The number of aromatic nitrogens is 3. The Morgan fingerprint density at radius 3 is 2.58 bits per heavy atom. The molecule has 1 aliphatic heterocycles. The van der Waals surface area contributed by atoms with Gasteiger partial charge in [0.25, 0.3) is 0 Å². The highest BCUT2D eigenvalue weighted by Crippen LogP contribution is 2.26. The first-order valence-corrected chi connectivity index (χ1v) is 12.0. The van der Waals surface area contributed by atoms with Crippen molar-refractivity contribution in [2.24, 2.45) is 5.92 Å². The second-order valence-corrected chi connectivity index (χ2v) is 9.27. The molecule has 1 aliphatic rings. The summed E-state index contributed by atoms with van der Waals surface area (Å²) in [6.45, 7) is 1.16. The summed E-state index contributed by atoms with van der Waals surface area (Å²) in [6.07, 6.45) is 1.98. The summed E-state index contributed by atoms with van der Waals surface area (Å²) in [6, 6.07) is 14.1. The highest BCUT2D eigenvalue weighted by Gasteiger charge is 2.28. The molecule has 0 N–H and O–H groups in total. The minimum atomic E-state index is -0.185. The summed E-state index contributed by atoms with van der Waals surface area (Å²) in [7, 11) is 1.41. The number of esters is 1. The lowest BCUT2D eigenvalue weighted by molar-refractivity contribution is -0.148. The van der Waals surface area contributed by atoms with Gasteiger partial charge in [0.05, 0.1) is 18.8 Å². The van der Waals surface area contributed by atoms with Crippen LogP contribution in [0.5, 0.6) is 0 Å². The number of para-hydroxylation sites is 1. The number of piperidine rings is 1. The molecule has 0 saturated carbocycles. The summed E-state index contributed by atoms with van der Waals surface area (Å²) in [5.74, 6) is 0.893. The fourth-order valence-electron chi connectivity index (χ4n) is 3.66. The molecular weight excluding hydrogens is 432 g/mol. The summed E-state index contributed by atoms with van der Waals surface area (Å²) < 4.78 is 6.85. The number of likely N-dealkylation sites (tertiary alicyclic amines) is 1. The topological polar surface area (TPSA) is 77.3 Å². The first-order valence-electron chi connectivity index (χ1n) is 10.2. The molecule has 1 saturated heterocycles. The smallest absolute Gasteiger partial charge is 0.308 e. The van der Waals surface area contributed by atoms with Gasteiger partial charge in [0.15, 0.2) is 5.16 Å². The molecule has 1 aromatic carbocycles. The number of benzene rings is 1. The quantitative estimate of drug-likeness (QED) is 0.400. The molecule has 0 spiro atoms. The van der Waals surface area contributed by atoms with Crippen molar-refractivity contribution in [3.05, 3.63) is 58.5 Å². The zero-order chi connectivity index (χ0) is 21.6. The number of thiophene rings is 1. The maximum absolute atomic E-state index is 12.8. The van der Waals surface area contributed by atoms with Gasteiger partial charge in [-0.15, -0.1) is 21.5 Å². The van der Waals surface area contributed by atoms with Crippen molar-refractivity contribution >= 4 is 35.0 Å². The van der Waals surface area contributed by atoms with Crippen molar-refractivity contribution in [3.63, 3.8) is 0 Å². The van der Waals surface area contributed by atoms with Gasteiger partial charge >= 0.3 is 5.97 Å². The molecule has 3 heterocycles. The van der Waals surface area contributed by atoms with Gasteiger partial charge in [-0.25, -0.2) is 0 Å². The second-order valence-electron chi connectivity index (χ2n) is 7.29. The van der Waals surface area contributed by atoms with Crippen LogP contribution in [0.1, 0.15) is 23.5 Å². The third kappa shape index (κ3) is 5.16. The molecule has 2 aromatic heterocycles. The highest BCUT2D eigenvalue weighted by atomic mass is 32.2. The van der Waals surface area contributed by atoms with E-state index in [2.05, 4.69) is 21.6 Å². The van der Waals surface area contributed by atoms with E-state index in [1.54, 1.807) is 11.3 Å². The van der Waals surface area contributed by atoms with Crippen LogP contribution in [0.25, 0.3) is 5.69 Å². The van der Waals surface area contributed by atoms with Crippen LogP contribution in [0, 0.1) is 5.92 Å². The van der Waals surface area contributed by atoms with Gasteiger partial charge in [-0.1, -0.05) is 36.0 Å². The van der Waals surface area contributed by atoms with E-state index >= 15 is 0 Å². The maximum Gasteiger partial charge on any atom is 0.308 e. The number of hydrogen-bond donors (Lipinski definition) is 0. The number of carbonyl (C=O) groups excluding carboxylic acids is 2. The average molecular weight is 457 g/mol. The number of rotatable bonds is 7. The molecule has 0 radical (unpaired) electrons. The lowest BCUT2D eigenvalue weighted by Crippen LogP contribution is -2.41. The van der Waals surface area contributed by atoms with E-state index in [-0.39, 0.29) is 23.5 Å². The van der Waals surface area contributed by atoms with Crippen LogP contribution in [-0.4, -0.2) is 57.5 Å². The molecule has 7 nitrogen and oxygen atoms in total. The molecule has 1 fully saturated rings. The zero-order valence-corrected chi connectivity index (χ0v) is 18.9. The van der Waals surface area contributed by atoms with Gasteiger partial charge in [-0.3, -0.25) is 14.2 Å². The van der Waals surface area contributed by atoms with E-state index < -0.39 is 0 Å². The number of carbonyl (C=O) groups is 2. The Morgan fingerprint density at radius 2 is 1.90 bits per heavy atom. The number of ether oxygens (including phenoxy) is 1. The fraction of sp³-hybridized carbons (Fsp3) is 0.364. The second kappa shape index (κ2) is 10.1. The van der Waals surface area contributed by atoms with Crippen LogP contribution >= 0.6 is 23.1 Å². The van der Waals surface area contributed by atoms with Crippen molar-refractivity contribution in [2.45, 2.75) is 24.4 Å². The Morgan fingerprint density at radius 1 is 1.13 bits per heavy atom.